The Morgan fingerprint density at radius 3 is 2.64 bits per heavy atom. The van der Waals surface area contributed by atoms with E-state index in [1.807, 2.05) is 0 Å². The average molecular weight is 300 g/mol. The first kappa shape index (κ1) is 15.3. The Morgan fingerprint density at radius 1 is 1.32 bits per heavy atom. The summed E-state index contributed by atoms with van der Waals surface area (Å²) in [4.78, 5) is 35.3. The van der Waals surface area contributed by atoms with Gasteiger partial charge < -0.3 is 14.8 Å². The molecule has 0 fully saturated rings. The number of esters is 2. The van der Waals surface area contributed by atoms with E-state index in [2.05, 4.69) is 10.1 Å². The molecule has 112 valence electrons. The minimum Gasteiger partial charge on any atom is -0.465 e. The molecule has 7 heteroatoms. The van der Waals surface area contributed by atoms with Crippen LogP contribution in [-0.2, 0) is 14.3 Å². The molecule has 1 aliphatic heterocycles. The zero-order valence-electron chi connectivity index (χ0n) is 11.9. The minimum absolute atomic E-state index is 0.0340. The van der Waals surface area contributed by atoms with Crippen molar-refractivity contribution in [3.8, 4) is 6.07 Å². The summed E-state index contributed by atoms with van der Waals surface area (Å²) >= 11 is 0. The molecule has 7 nitrogen and oxygen atoms in total. The van der Waals surface area contributed by atoms with Crippen molar-refractivity contribution in [1.82, 2.24) is 5.32 Å². The highest BCUT2D eigenvalue weighted by Gasteiger charge is 2.30. The van der Waals surface area contributed by atoms with Crippen LogP contribution in [0.3, 0.4) is 0 Å². The molecule has 1 aromatic rings. The number of carbonyl (C=O) groups excluding carboxylic acids is 3. The van der Waals surface area contributed by atoms with E-state index in [4.69, 9.17) is 10.00 Å². The summed E-state index contributed by atoms with van der Waals surface area (Å²) in [5, 5.41) is 11.6. The smallest absolute Gasteiger partial charge is 0.351 e. The van der Waals surface area contributed by atoms with Crippen molar-refractivity contribution in [3.05, 3.63) is 40.5 Å². The number of benzene rings is 1. The molecule has 0 atom stereocenters. The maximum absolute atomic E-state index is 11.9. The maximum Gasteiger partial charge on any atom is 0.351 e. The second-order valence-electron chi connectivity index (χ2n) is 4.29. The van der Waals surface area contributed by atoms with E-state index >= 15 is 0 Å². The van der Waals surface area contributed by atoms with Crippen LogP contribution in [0, 0.1) is 11.3 Å². The van der Waals surface area contributed by atoms with Crippen LogP contribution in [0.5, 0.6) is 0 Å². The molecule has 0 saturated carbocycles. The van der Waals surface area contributed by atoms with Gasteiger partial charge in [-0.2, -0.15) is 5.26 Å². The Bertz CT molecular complexity index is 743. The number of ether oxygens (including phenoxy) is 2. The fraction of sp³-hybridized carbons (Fsp3) is 0.200. The molecule has 0 radical (unpaired) electrons. The number of amides is 1. The molecule has 0 aliphatic carbocycles. The summed E-state index contributed by atoms with van der Waals surface area (Å²) in [6.07, 6.45) is 0. The van der Waals surface area contributed by atoms with E-state index in [-0.39, 0.29) is 34.6 Å². The number of nitriles is 1. The predicted octanol–water partition coefficient (Wildman–Crippen LogP) is 1.01. The van der Waals surface area contributed by atoms with Crippen molar-refractivity contribution < 1.29 is 23.9 Å². The van der Waals surface area contributed by atoms with E-state index in [1.165, 1.54) is 25.3 Å². The Balaban J connectivity index is 2.61. The zero-order valence-corrected chi connectivity index (χ0v) is 11.9. The van der Waals surface area contributed by atoms with Gasteiger partial charge in [0.1, 0.15) is 6.07 Å². The highest BCUT2D eigenvalue weighted by atomic mass is 16.5. The third kappa shape index (κ3) is 2.54. The first-order valence-electron chi connectivity index (χ1n) is 6.39. The number of hydrogen-bond acceptors (Lipinski definition) is 6. The second-order valence-corrected chi connectivity index (χ2v) is 4.29. The summed E-state index contributed by atoms with van der Waals surface area (Å²) in [7, 11) is 1.23. The maximum atomic E-state index is 11.9. The van der Waals surface area contributed by atoms with E-state index in [0.29, 0.717) is 0 Å². The van der Waals surface area contributed by atoms with Crippen molar-refractivity contribution in [2.45, 2.75) is 6.92 Å². The van der Waals surface area contributed by atoms with Crippen LogP contribution in [0.25, 0.3) is 5.70 Å². The zero-order chi connectivity index (χ0) is 16.3. The van der Waals surface area contributed by atoms with Gasteiger partial charge >= 0.3 is 11.9 Å². The molecule has 1 aliphatic rings. The molecular formula is C15H12N2O5. The first-order chi connectivity index (χ1) is 10.5. The number of nitrogens with zero attached hydrogens (tertiary/aromatic N) is 1. The van der Waals surface area contributed by atoms with Crippen LogP contribution in [-0.4, -0.2) is 31.6 Å². The molecule has 22 heavy (non-hydrogen) atoms. The fourth-order valence-corrected chi connectivity index (χ4v) is 2.05. The van der Waals surface area contributed by atoms with Gasteiger partial charge in [-0.05, 0) is 25.1 Å². The summed E-state index contributed by atoms with van der Waals surface area (Å²) < 4.78 is 9.41. The lowest BCUT2D eigenvalue weighted by Gasteiger charge is -2.06. The van der Waals surface area contributed by atoms with Crippen LogP contribution in [0.4, 0.5) is 0 Å². The highest BCUT2D eigenvalue weighted by Crippen LogP contribution is 2.28. The first-order valence-corrected chi connectivity index (χ1v) is 6.39. The molecule has 0 saturated heterocycles. The van der Waals surface area contributed by atoms with Crippen molar-refractivity contribution in [2.24, 2.45) is 0 Å². The van der Waals surface area contributed by atoms with Gasteiger partial charge in [-0.3, -0.25) is 4.79 Å². The van der Waals surface area contributed by atoms with Crippen LogP contribution in [0.15, 0.2) is 23.8 Å². The molecule has 0 aromatic heterocycles. The Kier molecular flexibility index (Phi) is 4.23. The number of fused-ring (bicyclic) bond motifs is 1. The third-order valence-corrected chi connectivity index (χ3v) is 3.03. The largest absolute Gasteiger partial charge is 0.465 e. The quantitative estimate of drug-likeness (QED) is 0.507. The topological polar surface area (TPSA) is 105 Å². The molecule has 1 N–H and O–H groups in total. The molecular weight excluding hydrogens is 288 g/mol. The number of rotatable bonds is 3. The monoisotopic (exact) mass is 300 g/mol. The molecule has 0 spiro atoms. The molecule has 1 amide bonds. The van der Waals surface area contributed by atoms with Crippen molar-refractivity contribution in [2.75, 3.05) is 13.7 Å². The lowest BCUT2D eigenvalue weighted by Crippen LogP contribution is -2.17. The van der Waals surface area contributed by atoms with Gasteiger partial charge in [0.05, 0.1) is 25.0 Å². The number of carbonyl (C=O) groups is 3. The second kappa shape index (κ2) is 6.10. The van der Waals surface area contributed by atoms with E-state index < -0.39 is 17.8 Å². The SMILES string of the molecule is CCOC(=O)/C(C#N)=C1\NC(=O)c2ccc(C(=O)OC)cc21. The number of hydrogen-bond donors (Lipinski definition) is 1. The van der Waals surface area contributed by atoms with Crippen molar-refractivity contribution >= 4 is 23.5 Å². The van der Waals surface area contributed by atoms with Crippen LogP contribution >= 0.6 is 0 Å². The fourth-order valence-electron chi connectivity index (χ4n) is 2.05. The normalized spacial score (nSPS) is 14.5. The Morgan fingerprint density at radius 2 is 2.05 bits per heavy atom. The molecule has 2 rings (SSSR count). The van der Waals surface area contributed by atoms with Crippen molar-refractivity contribution in [1.29, 1.82) is 5.26 Å². The third-order valence-electron chi connectivity index (χ3n) is 3.03. The van der Waals surface area contributed by atoms with E-state index in [0.717, 1.165) is 0 Å². The van der Waals surface area contributed by atoms with Gasteiger partial charge in [-0.15, -0.1) is 0 Å². The lowest BCUT2D eigenvalue weighted by molar-refractivity contribution is -0.137. The Hall–Kier alpha value is -3.14. The minimum atomic E-state index is -0.836. The van der Waals surface area contributed by atoms with Gasteiger partial charge in [-0.1, -0.05) is 0 Å². The van der Waals surface area contributed by atoms with Crippen molar-refractivity contribution in [3.63, 3.8) is 0 Å². The van der Waals surface area contributed by atoms with Gasteiger partial charge in [0.2, 0.25) is 0 Å². The Labute approximate surface area is 126 Å². The summed E-state index contributed by atoms with van der Waals surface area (Å²) in [6, 6.07) is 5.99. The number of methoxy groups -OCH3 is 1. The van der Waals surface area contributed by atoms with Crippen LogP contribution < -0.4 is 5.32 Å². The summed E-state index contributed by atoms with van der Waals surface area (Å²) in [5.41, 5.74) is 0.469. The van der Waals surface area contributed by atoms with Gasteiger partial charge in [0.15, 0.2) is 5.57 Å². The summed E-state index contributed by atoms with van der Waals surface area (Å²) in [5.74, 6) is -1.88. The average Bonchev–Trinajstić information content (AvgIpc) is 2.84. The van der Waals surface area contributed by atoms with E-state index in [9.17, 15) is 14.4 Å². The molecule has 0 unspecified atom stereocenters. The molecule has 0 bridgehead atoms. The van der Waals surface area contributed by atoms with Gasteiger partial charge in [0, 0.05) is 11.1 Å². The van der Waals surface area contributed by atoms with Crippen LogP contribution in [0.1, 0.15) is 33.2 Å². The molecule has 1 heterocycles. The highest BCUT2D eigenvalue weighted by molar-refractivity contribution is 6.15. The number of nitrogens with one attached hydrogen (secondary N) is 1. The lowest BCUT2D eigenvalue weighted by atomic mass is 10.0. The van der Waals surface area contributed by atoms with Gasteiger partial charge in [0.25, 0.3) is 5.91 Å². The summed E-state index contributed by atoms with van der Waals surface area (Å²) in [6.45, 7) is 1.70. The van der Waals surface area contributed by atoms with Gasteiger partial charge in [-0.25, -0.2) is 9.59 Å². The molecule has 1 aromatic carbocycles. The van der Waals surface area contributed by atoms with Crippen LogP contribution in [0.2, 0.25) is 0 Å². The standard InChI is InChI=1S/C15H12N2O5/c1-3-22-15(20)11(7-16)12-10-6-8(14(19)21-2)4-5-9(10)13(18)17-12/h4-6H,3H2,1-2H3,(H,17,18)/b12-11-. The predicted molar refractivity (Wildman–Crippen MR) is 74.4 cm³/mol. The van der Waals surface area contributed by atoms with E-state index in [1.54, 1.807) is 13.0 Å².